The standard InChI is InChI=1S/C19H22N4O2/c1-13-12-14(25-21-13)9-11-23-10-5-8-17(23)18-20-16-7-4-3-6-15(16)19(24)22(18)2/h3-4,6-7,12,17H,5,8-11H2,1-2H3. The molecule has 6 nitrogen and oxygen atoms in total. The number of aromatic nitrogens is 3. The summed E-state index contributed by atoms with van der Waals surface area (Å²) in [7, 11) is 1.83. The lowest BCUT2D eigenvalue weighted by atomic mass is 10.1. The summed E-state index contributed by atoms with van der Waals surface area (Å²) in [5, 5.41) is 4.62. The molecule has 25 heavy (non-hydrogen) atoms. The van der Waals surface area contributed by atoms with Crippen molar-refractivity contribution in [1.29, 1.82) is 0 Å². The Morgan fingerprint density at radius 1 is 1.32 bits per heavy atom. The third-order valence-electron chi connectivity index (χ3n) is 5.00. The number of likely N-dealkylation sites (tertiary alicyclic amines) is 1. The lowest BCUT2D eigenvalue weighted by molar-refractivity contribution is 0.237. The van der Waals surface area contributed by atoms with Gasteiger partial charge < -0.3 is 4.52 Å². The van der Waals surface area contributed by atoms with E-state index in [0.717, 1.165) is 55.1 Å². The van der Waals surface area contributed by atoms with Gasteiger partial charge in [0.2, 0.25) is 0 Å². The van der Waals surface area contributed by atoms with E-state index in [1.54, 1.807) is 4.57 Å². The molecule has 0 aliphatic carbocycles. The van der Waals surface area contributed by atoms with Crippen LogP contribution in [0.2, 0.25) is 0 Å². The van der Waals surface area contributed by atoms with Gasteiger partial charge in [-0.25, -0.2) is 4.98 Å². The number of hydrogen-bond donors (Lipinski definition) is 0. The van der Waals surface area contributed by atoms with Crippen LogP contribution in [0.25, 0.3) is 10.9 Å². The molecule has 1 fully saturated rings. The summed E-state index contributed by atoms with van der Waals surface area (Å²) in [6, 6.07) is 9.72. The maximum Gasteiger partial charge on any atom is 0.261 e. The molecular weight excluding hydrogens is 316 g/mol. The van der Waals surface area contributed by atoms with E-state index in [2.05, 4.69) is 10.1 Å². The minimum atomic E-state index is 0.0262. The van der Waals surface area contributed by atoms with Crippen molar-refractivity contribution in [3.63, 3.8) is 0 Å². The van der Waals surface area contributed by atoms with E-state index in [4.69, 9.17) is 9.51 Å². The van der Waals surface area contributed by atoms with Gasteiger partial charge in [0.1, 0.15) is 11.6 Å². The van der Waals surface area contributed by atoms with Gasteiger partial charge in [-0.15, -0.1) is 0 Å². The molecule has 1 aliphatic rings. The first kappa shape index (κ1) is 16.0. The Hall–Kier alpha value is -2.47. The monoisotopic (exact) mass is 338 g/mol. The number of benzene rings is 1. The zero-order valence-corrected chi connectivity index (χ0v) is 14.6. The first-order valence-electron chi connectivity index (χ1n) is 8.75. The molecule has 3 aromatic rings. The van der Waals surface area contributed by atoms with Crippen molar-refractivity contribution in [1.82, 2.24) is 19.6 Å². The van der Waals surface area contributed by atoms with Crippen molar-refractivity contribution in [2.24, 2.45) is 7.05 Å². The average molecular weight is 338 g/mol. The molecule has 0 saturated carbocycles. The van der Waals surface area contributed by atoms with Crippen LogP contribution >= 0.6 is 0 Å². The summed E-state index contributed by atoms with van der Waals surface area (Å²) in [5.41, 5.74) is 1.71. The zero-order valence-electron chi connectivity index (χ0n) is 14.6. The van der Waals surface area contributed by atoms with Crippen molar-refractivity contribution in [3.8, 4) is 0 Å². The first-order chi connectivity index (χ1) is 12.1. The molecule has 2 aromatic heterocycles. The minimum Gasteiger partial charge on any atom is -0.361 e. The van der Waals surface area contributed by atoms with Gasteiger partial charge >= 0.3 is 0 Å². The molecule has 0 bridgehead atoms. The van der Waals surface area contributed by atoms with E-state index in [-0.39, 0.29) is 11.6 Å². The van der Waals surface area contributed by atoms with Gasteiger partial charge in [0.05, 0.1) is 22.6 Å². The number of fused-ring (bicyclic) bond motifs is 1. The van der Waals surface area contributed by atoms with Crippen LogP contribution in [0.15, 0.2) is 39.6 Å². The Bertz CT molecular complexity index is 959. The molecule has 1 saturated heterocycles. The number of hydrogen-bond acceptors (Lipinski definition) is 5. The van der Waals surface area contributed by atoms with Gasteiger partial charge in [0.15, 0.2) is 0 Å². The van der Waals surface area contributed by atoms with Crippen LogP contribution in [0.3, 0.4) is 0 Å². The highest BCUT2D eigenvalue weighted by Crippen LogP contribution is 2.30. The fourth-order valence-corrected chi connectivity index (χ4v) is 3.71. The second kappa shape index (κ2) is 6.44. The molecule has 0 radical (unpaired) electrons. The van der Waals surface area contributed by atoms with Crippen LogP contribution in [0, 0.1) is 6.92 Å². The summed E-state index contributed by atoms with van der Waals surface area (Å²) < 4.78 is 7.03. The molecule has 0 N–H and O–H groups in total. The zero-order chi connectivity index (χ0) is 17.4. The second-order valence-electron chi connectivity index (χ2n) is 6.73. The summed E-state index contributed by atoms with van der Waals surface area (Å²) >= 11 is 0. The molecule has 0 amide bonds. The topological polar surface area (TPSA) is 64.2 Å². The van der Waals surface area contributed by atoms with E-state index in [9.17, 15) is 4.79 Å². The van der Waals surface area contributed by atoms with E-state index in [0.29, 0.717) is 5.39 Å². The molecule has 4 rings (SSSR count). The third kappa shape index (κ3) is 2.98. The maximum absolute atomic E-state index is 12.7. The summed E-state index contributed by atoms with van der Waals surface area (Å²) in [5.74, 6) is 1.76. The molecule has 130 valence electrons. The Kier molecular flexibility index (Phi) is 4.13. The third-order valence-corrected chi connectivity index (χ3v) is 5.00. The van der Waals surface area contributed by atoms with Gasteiger partial charge in [0.25, 0.3) is 5.56 Å². The SMILES string of the molecule is Cc1cc(CCN2CCCC2c2nc3ccccc3c(=O)n2C)on1. The number of aryl methyl sites for hydroxylation is 1. The summed E-state index contributed by atoms with van der Waals surface area (Å²) in [6.07, 6.45) is 2.95. The van der Waals surface area contributed by atoms with Gasteiger partial charge in [-0.3, -0.25) is 14.3 Å². The summed E-state index contributed by atoms with van der Waals surface area (Å²) in [6.45, 7) is 3.82. The van der Waals surface area contributed by atoms with Crippen molar-refractivity contribution in [3.05, 3.63) is 58.0 Å². The summed E-state index contributed by atoms with van der Waals surface area (Å²) in [4.78, 5) is 19.9. The van der Waals surface area contributed by atoms with E-state index < -0.39 is 0 Å². The highest BCUT2D eigenvalue weighted by molar-refractivity contribution is 5.77. The number of para-hydroxylation sites is 1. The van der Waals surface area contributed by atoms with Gasteiger partial charge in [-0.2, -0.15) is 0 Å². The maximum atomic E-state index is 12.7. The van der Waals surface area contributed by atoms with Crippen LogP contribution in [0.1, 0.15) is 36.2 Å². The highest BCUT2D eigenvalue weighted by Gasteiger charge is 2.29. The lowest BCUT2D eigenvalue weighted by Crippen LogP contribution is -2.32. The molecule has 1 aliphatic heterocycles. The molecule has 3 heterocycles. The molecule has 6 heteroatoms. The van der Waals surface area contributed by atoms with Gasteiger partial charge in [0, 0.05) is 26.1 Å². The number of rotatable bonds is 4. The quantitative estimate of drug-likeness (QED) is 0.732. The predicted octanol–water partition coefficient (Wildman–Crippen LogP) is 2.61. The van der Waals surface area contributed by atoms with E-state index in [1.165, 1.54) is 0 Å². The largest absolute Gasteiger partial charge is 0.361 e. The minimum absolute atomic E-state index is 0.0262. The Morgan fingerprint density at radius 3 is 2.96 bits per heavy atom. The van der Waals surface area contributed by atoms with Crippen molar-refractivity contribution in [2.45, 2.75) is 32.2 Å². The highest BCUT2D eigenvalue weighted by atomic mass is 16.5. The Labute approximate surface area is 146 Å². The van der Waals surface area contributed by atoms with Crippen LogP contribution in [0.5, 0.6) is 0 Å². The van der Waals surface area contributed by atoms with Gasteiger partial charge in [-0.05, 0) is 38.4 Å². The van der Waals surface area contributed by atoms with Gasteiger partial charge in [-0.1, -0.05) is 17.3 Å². The smallest absolute Gasteiger partial charge is 0.261 e. The molecule has 0 spiro atoms. The van der Waals surface area contributed by atoms with Crippen LogP contribution < -0.4 is 5.56 Å². The van der Waals surface area contributed by atoms with E-state index >= 15 is 0 Å². The van der Waals surface area contributed by atoms with Crippen molar-refractivity contribution in [2.75, 3.05) is 13.1 Å². The van der Waals surface area contributed by atoms with Crippen LogP contribution in [-0.2, 0) is 13.5 Å². The van der Waals surface area contributed by atoms with Crippen LogP contribution in [0.4, 0.5) is 0 Å². The Balaban J connectivity index is 1.62. The first-order valence-corrected chi connectivity index (χ1v) is 8.75. The van der Waals surface area contributed by atoms with E-state index in [1.807, 2.05) is 44.3 Å². The fourth-order valence-electron chi connectivity index (χ4n) is 3.71. The predicted molar refractivity (Wildman–Crippen MR) is 95.5 cm³/mol. The lowest BCUT2D eigenvalue weighted by Gasteiger charge is -2.25. The fraction of sp³-hybridized carbons (Fsp3) is 0.421. The number of nitrogens with zero attached hydrogens (tertiary/aromatic N) is 4. The van der Waals surface area contributed by atoms with Crippen molar-refractivity contribution >= 4 is 10.9 Å². The van der Waals surface area contributed by atoms with Crippen LogP contribution in [-0.4, -0.2) is 32.7 Å². The normalized spacial score (nSPS) is 18.2. The second-order valence-corrected chi connectivity index (χ2v) is 6.73. The van der Waals surface area contributed by atoms with Crippen molar-refractivity contribution < 1.29 is 4.52 Å². The average Bonchev–Trinajstić information content (AvgIpc) is 3.25. The molecule has 1 aromatic carbocycles. The molecular formula is C19H22N4O2. The molecule has 1 atom stereocenters. The molecule has 1 unspecified atom stereocenters. The Morgan fingerprint density at radius 2 is 2.16 bits per heavy atom.